The maximum atomic E-state index is 11.5. The Labute approximate surface area is 110 Å². The lowest BCUT2D eigenvalue weighted by atomic mass is 10.2. The van der Waals surface area contributed by atoms with E-state index in [4.69, 9.17) is 10.5 Å². The lowest BCUT2D eigenvalue weighted by Crippen LogP contribution is -2.30. The van der Waals surface area contributed by atoms with Crippen LogP contribution in [0.15, 0.2) is 18.2 Å². The first-order valence-electron chi connectivity index (χ1n) is 6.00. The summed E-state index contributed by atoms with van der Waals surface area (Å²) in [5.74, 6) is -0.369. The molecule has 3 N–H and O–H groups in total. The topological polar surface area (TPSA) is 90.7 Å². The monoisotopic (exact) mass is 264 g/mol. The number of ether oxygens (including phenoxy) is 2. The van der Waals surface area contributed by atoms with Crippen molar-refractivity contribution in [3.8, 4) is 5.75 Å². The number of carbonyl (C=O) groups is 2. The Morgan fingerprint density at radius 1 is 1.42 bits per heavy atom. The molecule has 2 rings (SSSR count). The zero-order valence-electron chi connectivity index (χ0n) is 10.6. The number of rotatable bonds is 5. The minimum Gasteiger partial charge on any atom is -0.482 e. The van der Waals surface area contributed by atoms with Gasteiger partial charge < -0.3 is 20.5 Å². The highest BCUT2D eigenvalue weighted by Crippen LogP contribution is 2.23. The Morgan fingerprint density at radius 2 is 2.16 bits per heavy atom. The van der Waals surface area contributed by atoms with Crippen molar-refractivity contribution in [1.82, 2.24) is 5.32 Å². The van der Waals surface area contributed by atoms with Gasteiger partial charge in [0, 0.05) is 6.04 Å². The van der Waals surface area contributed by atoms with Gasteiger partial charge in [-0.3, -0.25) is 4.79 Å². The lowest BCUT2D eigenvalue weighted by molar-refractivity contribution is -0.123. The number of nitrogen functional groups attached to an aromatic ring is 1. The fraction of sp³-hybridized carbons (Fsp3) is 0.385. The van der Waals surface area contributed by atoms with E-state index < -0.39 is 5.97 Å². The Kier molecular flexibility index (Phi) is 3.89. The van der Waals surface area contributed by atoms with Gasteiger partial charge in [-0.25, -0.2) is 4.79 Å². The van der Waals surface area contributed by atoms with Crippen molar-refractivity contribution < 1.29 is 19.1 Å². The van der Waals surface area contributed by atoms with Gasteiger partial charge in [0.25, 0.3) is 5.91 Å². The van der Waals surface area contributed by atoms with Gasteiger partial charge in [0.1, 0.15) is 5.75 Å². The molecule has 1 aliphatic rings. The van der Waals surface area contributed by atoms with Gasteiger partial charge in [-0.1, -0.05) is 0 Å². The van der Waals surface area contributed by atoms with Crippen LogP contribution in [0.1, 0.15) is 23.2 Å². The molecule has 1 aromatic carbocycles. The number of esters is 1. The van der Waals surface area contributed by atoms with Crippen molar-refractivity contribution in [2.24, 2.45) is 0 Å². The van der Waals surface area contributed by atoms with E-state index in [2.05, 4.69) is 10.1 Å². The summed E-state index contributed by atoms with van der Waals surface area (Å²) in [6, 6.07) is 4.83. The number of anilines is 1. The molecule has 0 bridgehead atoms. The van der Waals surface area contributed by atoms with Gasteiger partial charge in [0.05, 0.1) is 18.4 Å². The second-order valence-electron chi connectivity index (χ2n) is 4.37. The number of hydrogen-bond acceptors (Lipinski definition) is 5. The number of benzene rings is 1. The van der Waals surface area contributed by atoms with Gasteiger partial charge in [0.15, 0.2) is 6.61 Å². The Balaban J connectivity index is 1.97. The summed E-state index contributed by atoms with van der Waals surface area (Å²) in [5.41, 5.74) is 6.42. The Morgan fingerprint density at radius 3 is 2.79 bits per heavy atom. The maximum absolute atomic E-state index is 11.5. The Bertz CT molecular complexity index is 497. The molecular formula is C13H16N2O4. The minimum atomic E-state index is -0.479. The van der Waals surface area contributed by atoms with Crippen LogP contribution in [0.5, 0.6) is 5.75 Å². The fourth-order valence-electron chi connectivity index (χ4n) is 1.54. The third-order valence-electron chi connectivity index (χ3n) is 2.74. The fourth-order valence-corrected chi connectivity index (χ4v) is 1.54. The summed E-state index contributed by atoms with van der Waals surface area (Å²) in [6.45, 7) is -0.120. The van der Waals surface area contributed by atoms with E-state index in [0.717, 1.165) is 12.8 Å². The zero-order valence-corrected chi connectivity index (χ0v) is 10.6. The average molecular weight is 264 g/mol. The number of amides is 1. The molecule has 0 atom stereocenters. The van der Waals surface area contributed by atoms with E-state index in [1.807, 2.05) is 0 Å². The molecule has 102 valence electrons. The lowest BCUT2D eigenvalue weighted by Gasteiger charge is -2.10. The molecule has 1 fully saturated rings. The van der Waals surface area contributed by atoms with Gasteiger partial charge in [-0.05, 0) is 31.0 Å². The molecule has 1 amide bonds. The summed E-state index contributed by atoms with van der Waals surface area (Å²) >= 11 is 0. The van der Waals surface area contributed by atoms with Crippen LogP contribution in [0.25, 0.3) is 0 Å². The first-order chi connectivity index (χ1) is 9.10. The van der Waals surface area contributed by atoms with Gasteiger partial charge in [-0.15, -0.1) is 0 Å². The van der Waals surface area contributed by atoms with Gasteiger partial charge >= 0.3 is 5.97 Å². The number of nitrogens with one attached hydrogen (secondary N) is 1. The van der Waals surface area contributed by atoms with Crippen LogP contribution in [0.4, 0.5) is 5.69 Å². The van der Waals surface area contributed by atoms with Gasteiger partial charge in [-0.2, -0.15) is 0 Å². The molecule has 1 aromatic rings. The summed E-state index contributed by atoms with van der Waals surface area (Å²) in [6.07, 6.45) is 2.04. The van der Waals surface area contributed by atoms with Crippen molar-refractivity contribution in [1.29, 1.82) is 0 Å². The number of methoxy groups -OCH3 is 1. The quantitative estimate of drug-likeness (QED) is 0.604. The largest absolute Gasteiger partial charge is 0.482 e. The summed E-state index contributed by atoms with van der Waals surface area (Å²) in [7, 11) is 1.29. The molecule has 0 aromatic heterocycles. The van der Waals surface area contributed by atoms with E-state index in [1.165, 1.54) is 19.2 Å². The van der Waals surface area contributed by atoms with E-state index in [-0.39, 0.29) is 18.6 Å². The van der Waals surface area contributed by atoms with Crippen molar-refractivity contribution in [3.05, 3.63) is 23.8 Å². The highest BCUT2D eigenvalue weighted by Gasteiger charge is 2.23. The van der Waals surface area contributed by atoms with Crippen molar-refractivity contribution in [3.63, 3.8) is 0 Å². The molecule has 19 heavy (non-hydrogen) atoms. The molecule has 0 radical (unpaired) electrons. The van der Waals surface area contributed by atoms with Crippen molar-refractivity contribution in [2.75, 3.05) is 19.5 Å². The second kappa shape index (κ2) is 5.60. The number of hydrogen-bond donors (Lipinski definition) is 2. The summed E-state index contributed by atoms with van der Waals surface area (Å²) in [5, 5.41) is 2.80. The second-order valence-corrected chi connectivity index (χ2v) is 4.37. The molecule has 0 aliphatic heterocycles. The average Bonchev–Trinajstić information content (AvgIpc) is 3.20. The maximum Gasteiger partial charge on any atom is 0.337 e. The number of nitrogens with two attached hydrogens (primary N) is 1. The van der Waals surface area contributed by atoms with Crippen LogP contribution in [0.2, 0.25) is 0 Å². The molecule has 1 aliphatic carbocycles. The third-order valence-corrected chi connectivity index (χ3v) is 2.74. The predicted molar refractivity (Wildman–Crippen MR) is 68.9 cm³/mol. The predicted octanol–water partition coefficient (Wildman–Crippen LogP) is 0.713. The summed E-state index contributed by atoms with van der Waals surface area (Å²) in [4.78, 5) is 22.9. The van der Waals surface area contributed by atoms with Crippen LogP contribution in [-0.2, 0) is 9.53 Å². The minimum absolute atomic E-state index is 0.120. The van der Waals surface area contributed by atoms with Gasteiger partial charge in [0.2, 0.25) is 0 Å². The third kappa shape index (κ3) is 3.61. The standard InChI is InChI=1S/C13H16N2O4/c1-18-13(17)8-2-5-10(14)11(6-8)19-7-12(16)15-9-3-4-9/h2,5-6,9H,3-4,7,14H2,1H3,(H,15,16). The van der Waals surface area contributed by atoms with Crippen LogP contribution in [0, 0.1) is 0 Å². The zero-order chi connectivity index (χ0) is 13.8. The van der Waals surface area contributed by atoms with Crippen molar-refractivity contribution >= 4 is 17.6 Å². The molecule has 6 heteroatoms. The summed E-state index contributed by atoms with van der Waals surface area (Å²) < 4.78 is 9.92. The highest BCUT2D eigenvalue weighted by atomic mass is 16.5. The van der Waals surface area contributed by atoms with E-state index in [0.29, 0.717) is 17.0 Å². The highest BCUT2D eigenvalue weighted by molar-refractivity contribution is 5.90. The molecule has 6 nitrogen and oxygen atoms in total. The van der Waals surface area contributed by atoms with Crippen LogP contribution in [0.3, 0.4) is 0 Å². The molecule has 0 unspecified atom stereocenters. The molecular weight excluding hydrogens is 248 g/mol. The SMILES string of the molecule is COC(=O)c1ccc(N)c(OCC(=O)NC2CC2)c1. The first-order valence-corrected chi connectivity index (χ1v) is 6.00. The van der Waals surface area contributed by atoms with E-state index in [9.17, 15) is 9.59 Å². The molecule has 0 spiro atoms. The smallest absolute Gasteiger partial charge is 0.337 e. The normalized spacial score (nSPS) is 13.7. The number of carbonyl (C=O) groups excluding carboxylic acids is 2. The van der Waals surface area contributed by atoms with E-state index in [1.54, 1.807) is 6.07 Å². The van der Waals surface area contributed by atoms with Crippen LogP contribution < -0.4 is 15.8 Å². The van der Waals surface area contributed by atoms with E-state index >= 15 is 0 Å². The first kappa shape index (κ1) is 13.2. The molecule has 0 heterocycles. The Hall–Kier alpha value is -2.24. The van der Waals surface area contributed by atoms with Crippen LogP contribution >= 0.6 is 0 Å². The van der Waals surface area contributed by atoms with Crippen LogP contribution in [-0.4, -0.2) is 31.6 Å². The molecule has 1 saturated carbocycles. The molecule has 0 saturated heterocycles. The van der Waals surface area contributed by atoms with Crippen molar-refractivity contribution in [2.45, 2.75) is 18.9 Å².